The summed E-state index contributed by atoms with van der Waals surface area (Å²) in [6, 6.07) is 13.9. The summed E-state index contributed by atoms with van der Waals surface area (Å²) in [4.78, 5) is 31.2. The lowest BCUT2D eigenvalue weighted by molar-refractivity contribution is 0.0524. The molecule has 3 rings (SSSR count). The number of aromatic nitrogens is 1. The molecule has 154 valence electrons. The fourth-order valence-electron chi connectivity index (χ4n) is 3.73. The summed E-state index contributed by atoms with van der Waals surface area (Å²) >= 11 is 0. The zero-order valence-electron chi connectivity index (χ0n) is 17.2. The number of pyridine rings is 1. The van der Waals surface area contributed by atoms with Gasteiger partial charge in [0.1, 0.15) is 5.69 Å². The van der Waals surface area contributed by atoms with Crippen molar-refractivity contribution in [2.45, 2.75) is 45.7 Å². The zero-order valence-corrected chi connectivity index (χ0v) is 17.2. The summed E-state index contributed by atoms with van der Waals surface area (Å²) in [5, 5.41) is 3.03. The first-order chi connectivity index (χ1) is 14.1. The van der Waals surface area contributed by atoms with Gasteiger partial charge in [0.2, 0.25) is 0 Å². The molecule has 6 nitrogen and oxygen atoms in total. The number of amides is 1. The molecule has 1 aromatic heterocycles. The average molecular weight is 396 g/mol. The van der Waals surface area contributed by atoms with Crippen LogP contribution in [0.1, 0.15) is 58.3 Å². The highest BCUT2D eigenvalue weighted by Gasteiger charge is 2.23. The van der Waals surface area contributed by atoms with Crippen molar-refractivity contribution in [3.8, 4) is 0 Å². The minimum absolute atomic E-state index is 0.214. The molecule has 0 spiro atoms. The van der Waals surface area contributed by atoms with E-state index in [1.54, 1.807) is 26.0 Å². The van der Waals surface area contributed by atoms with Gasteiger partial charge in [-0.1, -0.05) is 36.8 Å². The molecule has 2 heterocycles. The fraction of sp³-hybridized carbons (Fsp3) is 0.435. The second-order valence-corrected chi connectivity index (χ2v) is 7.37. The summed E-state index contributed by atoms with van der Waals surface area (Å²) in [6.45, 7) is 6.31. The lowest BCUT2D eigenvalue weighted by atomic mass is 10.0. The number of nitrogens with one attached hydrogen (secondary N) is 1. The summed E-state index contributed by atoms with van der Waals surface area (Å²) in [5.41, 5.74) is 2.50. The van der Waals surface area contributed by atoms with Crippen molar-refractivity contribution in [3.05, 3.63) is 65.0 Å². The van der Waals surface area contributed by atoms with Gasteiger partial charge >= 0.3 is 5.97 Å². The van der Waals surface area contributed by atoms with Crippen LogP contribution in [0.3, 0.4) is 0 Å². The third-order valence-corrected chi connectivity index (χ3v) is 5.29. The topological polar surface area (TPSA) is 71.5 Å². The lowest BCUT2D eigenvalue weighted by Gasteiger charge is -2.35. The van der Waals surface area contributed by atoms with E-state index in [1.165, 1.54) is 18.4 Å². The average Bonchev–Trinajstić information content (AvgIpc) is 2.73. The van der Waals surface area contributed by atoms with Crippen molar-refractivity contribution in [3.63, 3.8) is 0 Å². The Labute approximate surface area is 172 Å². The minimum atomic E-state index is -0.414. The first-order valence-corrected chi connectivity index (χ1v) is 10.3. The molecule has 1 aromatic carbocycles. The van der Waals surface area contributed by atoms with Crippen LogP contribution in [-0.2, 0) is 11.3 Å². The fourth-order valence-corrected chi connectivity index (χ4v) is 3.73. The summed E-state index contributed by atoms with van der Waals surface area (Å²) in [6.07, 6.45) is 3.44. The Morgan fingerprint density at radius 3 is 2.69 bits per heavy atom. The highest BCUT2D eigenvalue weighted by atomic mass is 16.5. The molecule has 0 bridgehead atoms. The van der Waals surface area contributed by atoms with Crippen LogP contribution in [0.5, 0.6) is 0 Å². The first kappa shape index (κ1) is 21.0. The van der Waals surface area contributed by atoms with Gasteiger partial charge < -0.3 is 10.1 Å². The Hall–Kier alpha value is -2.73. The molecule has 6 heteroatoms. The van der Waals surface area contributed by atoms with Gasteiger partial charge in [-0.2, -0.15) is 0 Å². The van der Waals surface area contributed by atoms with E-state index in [1.807, 2.05) is 6.07 Å². The van der Waals surface area contributed by atoms with E-state index >= 15 is 0 Å². The lowest BCUT2D eigenvalue weighted by Crippen LogP contribution is -2.46. The summed E-state index contributed by atoms with van der Waals surface area (Å²) in [5.74, 6) is -0.628. The third-order valence-electron chi connectivity index (χ3n) is 5.29. The quantitative estimate of drug-likeness (QED) is 0.728. The van der Waals surface area contributed by atoms with Crippen LogP contribution in [-0.4, -0.2) is 47.5 Å². The largest absolute Gasteiger partial charge is 0.462 e. The first-order valence-electron chi connectivity index (χ1n) is 10.3. The smallest absolute Gasteiger partial charge is 0.339 e. The van der Waals surface area contributed by atoms with Gasteiger partial charge in [-0.15, -0.1) is 0 Å². The van der Waals surface area contributed by atoms with E-state index in [9.17, 15) is 9.59 Å². The molecule has 29 heavy (non-hydrogen) atoms. The maximum Gasteiger partial charge on any atom is 0.339 e. The Kier molecular flexibility index (Phi) is 7.36. The van der Waals surface area contributed by atoms with E-state index in [0.717, 1.165) is 19.5 Å². The molecule has 0 radical (unpaired) electrons. The second kappa shape index (κ2) is 10.2. The van der Waals surface area contributed by atoms with Crippen molar-refractivity contribution in [2.75, 3.05) is 19.7 Å². The highest BCUT2D eigenvalue weighted by Crippen LogP contribution is 2.19. The van der Waals surface area contributed by atoms with E-state index in [4.69, 9.17) is 4.74 Å². The van der Waals surface area contributed by atoms with Gasteiger partial charge in [-0.05, 0) is 50.9 Å². The number of nitrogens with zero attached hydrogens (tertiary/aromatic N) is 2. The van der Waals surface area contributed by atoms with Crippen LogP contribution >= 0.6 is 0 Å². The molecule has 1 saturated heterocycles. The van der Waals surface area contributed by atoms with Crippen LogP contribution in [0.2, 0.25) is 0 Å². The molecule has 2 aromatic rings. The molecule has 1 aliphatic rings. The monoisotopic (exact) mass is 395 g/mol. The molecule has 1 unspecified atom stereocenters. The molecule has 1 fully saturated rings. The predicted octanol–water partition coefficient (Wildman–Crippen LogP) is 3.35. The number of rotatable bonds is 7. The molecule has 1 aliphatic heterocycles. The molecule has 1 atom stereocenters. The summed E-state index contributed by atoms with van der Waals surface area (Å²) in [7, 11) is 0. The van der Waals surface area contributed by atoms with Gasteiger partial charge in [0.15, 0.2) is 0 Å². The predicted molar refractivity (Wildman–Crippen MR) is 112 cm³/mol. The molecule has 0 saturated carbocycles. The van der Waals surface area contributed by atoms with Crippen molar-refractivity contribution >= 4 is 11.9 Å². The van der Waals surface area contributed by atoms with Gasteiger partial charge in [0.25, 0.3) is 5.91 Å². The standard InChI is InChI=1S/C23H29N3O3/c1-3-29-23(28)20-12-13-21(25-17(20)2)22(27)24-15-19-11-7-8-14-26(19)16-18-9-5-4-6-10-18/h4-6,9-10,12-13,19H,3,7-8,11,14-16H2,1-2H3,(H,24,27). The van der Waals surface area contributed by atoms with Gasteiger partial charge in [-0.25, -0.2) is 9.78 Å². The van der Waals surface area contributed by atoms with Crippen LogP contribution < -0.4 is 5.32 Å². The number of carbonyl (C=O) groups is 2. The number of aryl methyl sites for hydroxylation is 1. The van der Waals surface area contributed by atoms with Gasteiger partial charge in [0, 0.05) is 19.1 Å². The van der Waals surface area contributed by atoms with Crippen LogP contribution in [0.4, 0.5) is 0 Å². The molecular formula is C23H29N3O3. The van der Waals surface area contributed by atoms with E-state index in [2.05, 4.69) is 39.5 Å². The molecular weight excluding hydrogens is 366 g/mol. The van der Waals surface area contributed by atoms with Gasteiger partial charge in [-0.3, -0.25) is 9.69 Å². The number of hydrogen-bond acceptors (Lipinski definition) is 5. The number of likely N-dealkylation sites (tertiary alicyclic amines) is 1. The van der Waals surface area contributed by atoms with Crippen molar-refractivity contribution in [1.82, 2.24) is 15.2 Å². The number of benzene rings is 1. The second-order valence-electron chi connectivity index (χ2n) is 7.37. The van der Waals surface area contributed by atoms with Crippen molar-refractivity contribution in [2.24, 2.45) is 0 Å². The maximum absolute atomic E-state index is 12.6. The number of carbonyl (C=O) groups excluding carboxylic acids is 2. The van der Waals surface area contributed by atoms with E-state index in [0.29, 0.717) is 36.1 Å². The number of ether oxygens (including phenoxy) is 1. The molecule has 1 N–H and O–H groups in total. The highest BCUT2D eigenvalue weighted by molar-refractivity contribution is 5.95. The summed E-state index contributed by atoms with van der Waals surface area (Å²) < 4.78 is 5.01. The van der Waals surface area contributed by atoms with E-state index in [-0.39, 0.29) is 5.91 Å². The zero-order chi connectivity index (χ0) is 20.6. The number of hydrogen-bond donors (Lipinski definition) is 1. The van der Waals surface area contributed by atoms with E-state index < -0.39 is 5.97 Å². The third kappa shape index (κ3) is 5.64. The van der Waals surface area contributed by atoms with Crippen molar-refractivity contribution in [1.29, 1.82) is 0 Å². The van der Waals surface area contributed by atoms with Gasteiger partial charge in [0.05, 0.1) is 17.9 Å². The SMILES string of the molecule is CCOC(=O)c1ccc(C(=O)NCC2CCCCN2Cc2ccccc2)nc1C. The Morgan fingerprint density at radius 1 is 1.17 bits per heavy atom. The van der Waals surface area contributed by atoms with Crippen molar-refractivity contribution < 1.29 is 14.3 Å². The maximum atomic E-state index is 12.6. The number of esters is 1. The minimum Gasteiger partial charge on any atom is -0.462 e. The Bertz CT molecular complexity index is 839. The molecule has 0 aliphatic carbocycles. The van der Waals surface area contributed by atoms with Crippen LogP contribution in [0.15, 0.2) is 42.5 Å². The Morgan fingerprint density at radius 2 is 1.97 bits per heavy atom. The van der Waals surface area contributed by atoms with Crippen LogP contribution in [0.25, 0.3) is 0 Å². The normalized spacial score (nSPS) is 17.0. The Balaban J connectivity index is 1.60. The van der Waals surface area contributed by atoms with Crippen LogP contribution in [0, 0.1) is 6.92 Å². The number of piperidine rings is 1. The molecule has 1 amide bonds.